The SMILES string of the molecule is Cc1ccc(S(=O)(=O)C[C@@H]2CCN(S(=O)(=O)c3ccc(C)cc3)c3ccccc32)cc1. The Balaban J connectivity index is 1.68. The van der Waals surface area contributed by atoms with Gasteiger partial charge in [-0.15, -0.1) is 0 Å². The molecule has 4 rings (SSSR count). The van der Waals surface area contributed by atoms with Crippen LogP contribution in [0.5, 0.6) is 0 Å². The molecular formula is C24H25NO4S2. The van der Waals surface area contributed by atoms with Crippen molar-refractivity contribution in [1.82, 2.24) is 0 Å². The van der Waals surface area contributed by atoms with Crippen LogP contribution in [0.3, 0.4) is 0 Å². The molecular weight excluding hydrogens is 430 g/mol. The van der Waals surface area contributed by atoms with Crippen LogP contribution in [-0.2, 0) is 19.9 Å². The fourth-order valence-corrected chi connectivity index (χ4v) is 7.10. The fourth-order valence-electron chi connectivity index (χ4n) is 3.98. The van der Waals surface area contributed by atoms with Gasteiger partial charge < -0.3 is 0 Å². The fraction of sp³-hybridized carbons (Fsp3) is 0.250. The Hall–Kier alpha value is -2.64. The molecule has 0 N–H and O–H groups in total. The van der Waals surface area contributed by atoms with E-state index in [1.54, 1.807) is 60.7 Å². The van der Waals surface area contributed by atoms with Gasteiger partial charge in [-0.05, 0) is 56.2 Å². The maximum atomic E-state index is 13.3. The summed E-state index contributed by atoms with van der Waals surface area (Å²) < 4.78 is 54.1. The summed E-state index contributed by atoms with van der Waals surface area (Å²) in [7, 11) is -7.23. The van der Waals surface area contributed by atoms with Gasteiger partial charge in [-0.2, -0.15) is 0 Å². The van der Waals surface area contributed by atoms with Gasteiger partial charge in [-0.1, -0.05) is 53.6 Å². The van der Waals surface area contributed by atoms with E-state index in [9.17, 15) is 16.8 Å². The molecule has 3 aromatic carbocycles. The zero-order valence-corrected chi connectivity index (χ0v) is 19.2. The first-order valence-electron chi connectivity index (χ1n) is 10.2. The van der Waals surface area contributed by atoms with Crippen molar-refractivity contribution < 1.29 is 16.8 Å². The highest BCUT2D eigenvalue weighted by molar-refractivity contribution is 7.93. The van der Waals surface area contributed by atoms with E-state index >= 15 is 0 Å². The number of sulfonamides is 1. The van der Waals surface area contributed by atoms with Crippen molar-refractivity contribution in [3.63, 3.8) is 0 Å². The first kappa shape index (κ1) is 21.6. The summed E-state index contributed by atoms with van der Waals surface area (Å²) in [5.41, 5.74) is 3.29. The third-order valence-corrected chi connectivity index (χ3v) is 9.39. The second kappa shape index (κ2) is 8.13. The van der Waals surface area contributed by atoms with Crippen LogP contribution in [-0.4, -0.2) is 29.1 Å². The number of para-hydroxylation sites is 1. The zero-order chi connectivity index (χ0) is 22.2. The number of hydrogen-bond acceptors (Lipinski definition) is 4. The van der Waals surface area contributed by atoms with Gasteiger partial charge in [-0.3, -0.25) is 4.31 Å². The predicted octanol–water partition coefficient (Wildman–Crippen LogP) is 4.46. The standard InChI is InChI=1S/C24H25NO4S2/c1-18-7-11-21(12-8-18)30(26,27)17-20-15-16-25(24-6-4-3-5-23(20)24)31(28,29)22-13-9-19(2)10-14-22/h3-14,20H,15-17H2,1-2H3/t20-/m0/s1. The summed E-state index contributed by atoms with van der Waals surface area (Å²) in [6, 6.07) is 20.8. The van der Waals surface area contributed by atoms with Crippen LogP contribution >= 0.6 is 0 Å². The highest BCUT2D eigenvalue weighted by Crippen LogP contribution is 2.39. The molecule has 0 aromatic heterocycles. The van der Waals surface area contributed by atoms with Gasteiger partial charge in [0.2, 0.25) is 0 Å². The Morgan fingerprint density at radius 1 is 0.774 bits per heavy atom. The van der Waals surface area contributed by atoms with Crippen molar-refractivity contribution in [2.45, 2.75) is 36.0 Å². The van der Waals surface area contributed by atoms with Gasteiger partial charge in [0, 0.05) is 12.5 Å². The number of fused-ring (bicyclic) bond motifs is 1. The molecule has 31 heavy (non-hydrogen) atoms. The summed E-state index contributed by atoms with van der Waals surface area (Å²) >= 11 is 0. The van der Waals surface area contributed by atoms with E-state index < -0.39 is 19.9 Å². The molecule has 0 fully saturated rings. The number of anilines is 1. The Bertz CT molecular complexity index is 1300. The van der Waals surface area contributed by atoms with E-state index in [4.69, 9.17) is 0 Å². The maximum absolute atomic E-state index is 13.3. The highest BCUT2D eigenvalue weighted by Gasteiger charge is 2.35. The number of rotatable bonds is 5. The first-order valence-corrected chi connectivity index (χ1v) is 13.3. The second-order valence-electron chi connectivity index (χ2n) is 8.03. The predicted molar refractivity (Wildman–Crippen MR) is 123 cm³/mol. The van der Waals surface area contributed by atoms with Crippen LogP contribution in [0, 0.1) is 13.8 Å². The summed E-state index contributed by atoms with van der Waals surface area (Å²) in [4.78, 5) is 0.531. The van der Waals surface area contributed by atoms with Crippen LogP contribution in [0.15, 0.2) is 82.6 Å². The Labute approximate surface area is 184 Å². The molecule has 1 aliphatic heterocycles. The van der Waals surface area contributed by atoms with Gasteiger partial charge in [0.05, 0.1) is 21.2 Å². The normalized spacial score (nSPS) is 16.7. The largest absolute Gasteiger partial charge is 0.266 e. The van der Waals surface area contributed by atoms with Crippen molar-refractivity contribution in [1.29, 1.82) is 0 Å². The van der Waals surface area contributed by atoms with Crippen LogP contribution in [0.2, 0.25) is 0 Å². The summed E-state index contributed by atoms with van der Waals surface area (Å²) in [5.74, 6) is -0.321. The van der Waals surface area contributed by atoms with E-state index in [0.717, 1.165) is 16.7 Å². The number of hydrogen-bond donors (Lipinski definition) is 0. The quantitative estimate of drug-likeness (QED) is 0.569. The van der Waals surface area contributed by atoms with Crippen LogP contribution < -0.4 is 4.31 Å². The van der Waals surface area contributed by atoms with Crippen LogP contribution in [0.4, 0.5) is 5.69 Å². The smallest absolute Gasteiger partial charge is 0.264 e. The lowest BCUT2D eigenvalue weighted by Crippen LogP contribution is -2.37. The molecule has 0 amide bonds. The molecule has 7 heteroatoms. The van der Waals surface area contributed by atoms with E-state index in [-0.39, 0.29) is 23.1 Å². The average molecular weight is 456 g/mol. The average Bonchev–Trinajstić information content (AvgIpc) is 2.74. The molecule has 0 unspecified atom stereocenters. The third-order valence-electron chi connectivity index (χ3n) is 5.74. The minimum Gasteiger partial charge on any atom is -0.266 e. The molecule has 0 saturated heterocycles. The molecule has 0 saturated carbocycles. The maximum Gasteiger partial charge on any atom is 0.264 e. The first-order chi connectivity index (χ1) is 14.7. The molecule has 0 radical (unpaired) electrons. The van der Waals surface area contributed by atoms with Gasteiger partial charge in [0.25, 0.3) is 10.0 Å². The van der Waals surface area contributed by atoms with Crippen molar-refractivity contribution >= 4 is 25.5 Å². The van der Waals surface area contributed by atoms with Gasteiger partial charge in [-0.25, -0.2) is 16.8 Å². The lowest BCUT2D eigenvalue weighted by Gasteiger charge is -2.35. The van der Waals surface area contributed by atoms with E-state index in [1.165, 1.54) is 4.31 Å². The number of aryl methyl sites for hydroxylation is 2. The summed E-state index contributed by atoms with van der Waals surface area (Å²) in [5, 5.41) is 0. The number of nitrogens with zero attached hydrogens (tertiary/aromatic N) is 1. The van der Waals surface area contributed by atoms with E-state index in [2.05, 4.69) is 0 Å². The number of sulfone groups is 1. The molecule has 1 atom stereocenters. The molecule has 1 heterocycles. The second-order valence-corrected chi connectivity index (χ2v) is 11.9. The molecule has 5 nitrogen and oxygen atoms in total. The molecule has 3 aromatic rings. The topological polar surface area (TPSA) is 71.5 Å². The monoisotopic (exact) mass is 455 g/mol. The zero-order valence-electron chi connectivity index (χ0n) is 17.5. The van der Waals surface area contributed by atoms with Crippen molar-refractivity contribution in [2.75, 3.05) is 16.6 Å². The van der Waals surface area contributed by atoms with Crippen molar-refractivity contribution in [3.05, 3.63) is 89.5 Å². The van der Waals surface area contributed by atoms with E-state index in [0.29, 0.717) is 17.0 Å². The van der Waals surface area contributed by atoms with Gasteiger partial charge >= 0.3 is 0 Å². The molecule has 162 valence electrons. The summed E-state index contributed by atoms with van der Waals surface area (Å²) in [6.45, 7) is 4.06. The Morgan fingerprint density at radius 3 is 1.94 bits per heavy atom. The molecule has 0 spiro atoms. The minimum absolute atomic E-state index is 0.0501. The Morgan fingerprint density at radius 2 is 1.32 bits per heavy atom. The summed E-state index contributed by atoms with van der Waals surface area (Å²) in [6.07, 6.45) is 0.438. The molecule has 0 bridgehead atoms. The molecule has 0 aliphatic carbocycles. The highest BCUT2D eigenvalue weighted by atomic mass is 32.2. The Kier molecular flexibility index (Phi) is 5.66. The van der Waals surface area contributed by atoms with Crippen molar-refractivity contribution in [2.24, 2.45) is 0 Å². The lowest BCUT2D eigenvalue weighted by molar-refractivity contribution is 0.568. The number of benzene rings is 3. The minimum atomic E-state index is -3.73. The van der Waals surface area contributed by atoms with E-state index in [1.807, 2.05) is 26.0 Å². The van der Waals surface area contributed by atoms with Gasteiger partial charge in [0.1, 0.15) is 0 Å². The van der Waals surface area contributed by atoms with Crippen LogP contribution in [0.1, 0.15) is 29.0 Å². The van der Waals surface area contributed by atoms with Crippen LogP contribution in [0.25, 0.3) is 0 Å². The third kappa shape index (κ3) is 4.25. The molecule has 1 aliphatic rings. The van der Waals surface area contributed by atoms with Crippen molar-refractivity contribution in [3.8, 4) is 0 Å². The van der Waals surface area contributed by atoms with Gasteiger partial charge in [0.15, 0.2) is 9.84 Å². The lowest BCUT2D eigenvalue weighted by atomic mass is 9.93.